The van der Waals surface area contributed by atoms with Crippen molar-refractivity contribution < 1.29 is 4.79 Å². The number of rotatable bonds is 3. The normalized spacial score (nSPS) is 12.0. The summed E-state index contributed by atoms with van der Waals surface area (Å²) in [4.78, 5) is 17.9. The number of carbonyl (C=O) groups is 1. The monoisotopic (exact) mass is 342 g/mol. The number of nitrogens with zero attached hydrogens (tertiary/aromatic N) is 2. The van der Waals surface area contributed by atoms with Crippen LogP contribution in [-0.4, -0.2) is 22.8 Å². The Bertz CT molecular complexity index is 655. The van der Waals surface area contributed by atoms with Gasteiger partial charge in [-0.1, -0.05) is 53.0 Å². The molecule has 2 aromatic rings. The van der Waals surface area contributed by atoms with Crippen molar-refractivity contribution in [2.24, 2.45) is 0 Å². The lowest BCUT2D eigenvalue weighted by atomic mass is 10.1. The summed E-state index contributed by atoms with van der Waals surface area (Å²) in [7, 11) is 1.71. The van der Waals surface area contributed by atoms with E-state index in [-0.39, 0.29) is 22.3 Å². The first kappa shape index (κ1) is 16.1. The highest BCUT2D eigenvalue weighted by molar-refractivity contribution is 6.33. The van der Waals surface area contributed by atoms with Crippen LogP contribution in [-0.2, 0) is 0 Å². The molecule has 1 aromatic heterocycles. The molecule has 110 valence electrons. The standard InChI is InChI=1S/C15H13Cl3N2O/c1-9(11-5-3-4-6-12(11)16)20(2)15(21)10-7-13(17)19-14(18)8-10/h3-9H,1-2H3. The molecule has 0 saturated heterocycles. The van der Waals surface area contributed by atoms with Gasteiger partial charge < -0.3 is 4.90 Å². The molecule has 1 unspecified atom stereocenters. The Morgan fingerprint density at radius 3 is 2.29 bits per heavy atom. The van der Waals surface area contributed by atoms with E-state index in [0.29, 0.717) is 10.6 Å². The first-order valence-corrected chi connectivity index (χ1v) is 7.38. The van der Waals surface area contributed by atoms with E-state index in [2.05, 4.69) is 4.98 Å². The topological polar surface area (TPSA) is 33.2 Å². The number of benzene rings is 1. The summed E-state index contributed by atoms with van der Waals surface area (Å²) in [5.41, 5.74) is 1.27. The minimum Gasteiger partial charge on any atom is -0.335 e. The molecule has 0 fully saturated rings. The average Bonchev–Trinajstić information content (AvgIpc) is 2.44. The average molecular weight is 344 g/mol. The lowest BCUT2D eigenvalue weighted by Crippen LogP contribution is -2.29. The van der Waals surface area contributed by atoms with Crippen LogP contribution in [0.15, 0.2) is 36.4 Å². The number of halogens is 3. The van der Waals surface area contributed by atoms with Crippen molar-refractivity contribution in [2.45, 2.75) is 13.0 Å². The minimum absolute atomic E-state index is 0.183. The maximum absolute atomic E-state index is 12.5. The molecule has 0 aliphatic rings. The fourth-order valence-electron chi connectivity index (χ4n) is 1.99. The second kappa shape index (κ2) is 6.65. The molecule has 3 nitrogen and oxygen atoms in total. The molecule has 0 radical (unpaired) electrons. The van der Waals surface area contributed by atoms with E-state index in [1.54, 1.807) is 18.0 Å². The van der Waals surface area contributed by atoms with Crippen LogP contribution in [0.4, 0.5) is 0 Å². The maximum Gasteiger partial charge on any atom is 0.254 e. The predicted octanol–water partition coefficient (Wildman–Crippen LogP) is 4.88. The number of hydrogen-bond donors (Lipinski definition) is 0. The number of pyridine rings is 1. The molecule has 0 N–H and O–H groups in total. The highest BCUT2D eigenvalue weighted by Crippen LogP contribution is 2.27. The van der Waals surface area contributed by atoms with Crippen molar-refractivity contribution in [3.63, 3.8) is 0 Å². The van der Waals surface area contributed by atoms with Crippen molar-refractivity contribution in [1.29, 1.82) is 0 Å². The Balaban J connectivity index is 2.28. The fraction of sp³-hybridized carbons (Fsp3) is 0.200. The highest BCUT2D eigenvalue weighted by atomic mass is 35.5. The van der Waals surface area contributed by atoms with Crippen molar-refractivity contribution in [3.8, 4) is 0 Å². The van der Waals surface area contributed by atoms with Crippen LogP contribution in [0.5, 0.6) is 0 Å². The Kier molecular flexibility index (Phi) is 5.09. The molecule has 0 aliphatic heterocycles. The van der Waals surface area contributed by atoms with Crippen LogP contribution in [0.2, 0.25) is 15.3 Å². The molecule has 1 heterocycles. The van der Waals surface area contributed by atoms with Gasteiger partial charge in [0.2, 0.25) is 0 Å². The molecule has 1 atom stereocenters. The van der Waals surface area contributed by atoms with Gasteiger partial charge in [-0.25, -0.2) is 4.98 Å². The summed E-state index contributed by atoms with van der Waals surface area (Å²) < 4.78 is 0. The second-order valence-electron chi connectivity index (χ2n) is 4.61. The van der Waals surface area contributed by atoms with Crippen molar-refractivity contribution >= 4 is 40.7 Å². The largest absolute Gasteiger partial charge is 0.335 e. The van der Waals surface area contributed by atoms with E-state index >= 15 is 0 Å². The van der Waals surface area contributed by atoms with Gasteiger partial charge in [0.1, 0.15) is 10.3 Å². The Hall–Kier alpha value is -1.29. The van der Waals surface area contributed by atoms with Crippen LogP contribution < -0.4 is 0 Å². The summed E-state index contributed by atoms with van der Waals surface area (Å²) in [6, 6.07) is 10.2. The summed E-state index contributed by atoms with van der Waals surface area (Å²) in [5.74, 6) is -0.200. The smallest absolute Gasteiger partial charge is 0.254 e. The number of amides is 1. The highest BCUT2D eigenvalue weighted by Gasteiger charge is 2.21. The summed E-state index contributed by atoms with van der Waals surface area (Å²) in [6.07, 6.45) is 0. The molecule has 1 aromatic carbocycles. The summed E-state index contributed by atoms with van der Waals surface area (Å²) in [5, 5.41) is 0.990. The van der Waals surface area contributed by atoms with Gasteiger partial charge in [0, 0.05) is 17.6 Å². The molecule has 0 bridgehead atoms. The van der Waals surface area contributed by atoms with Crippen LogP contribution in [0, 0.1) is 0 Å². The zero-order valence-electron chi connectivity index (χ0n) is 11.5. The van der Waals surface area contributed by atoms with Gasteiger partial charge in [0.15, 0.2) is 0 Å². The van der Waals surface area contributed by atoms with E-state index in [9.17, 15) is 4.79 Å². The quantitative estimate of drug-likeness (QED) is 0.745. The molecular formula is C15H13Cl3N2O. The van der Waals surface area contributed by atoms with Crippen LogP contribution in [0.25, 0.3) is 0 Å². The minimum atomic E-state index is -0.200. The van der Waals surface area contributed by atoms with Crippen LogP contribution in [0.3, 0.4) is 0 Å². The third-order valence-corrected chi connectivity index (χ3v) is 4.00. The molecule has 1 amide bonds. The maximum atomic E-state index is 12.5. The van der Waals surface area contributed by atoms with Gasteiger partial charge >= 0.3 is 0 Å². The van der Waals surface area contributed by atoms with E-state index in [1.807, 2.05) is 25.1 Å². The molecule has 0 saturated carbocycles. The van der Waals surface area contributed by atoms with Crippen molar-refractivity contribution in [1.82, 2.24) is 9.88 Å². The molecule has 21 heavy (non-hydrogen) atoms. The zero-order chi connectivity index (χ0) is 15.6. The Morgan fingerprint density at radius 2 is 1.71 bits per heavy atom. The lowest BCUT2D eigenvalue weighted by Gasteiger charge is -2.26. The molecule has 0 spiro atoms. The lowest BCUT2D eigenvalue weighted by molar-refractivity contribution is 0.0742. The SMILES string of the molecule is CC(c1ccccc1Cl)N(C)C(=O)c1cc(Cl)nc(Cl)c1. The number of aromatic nitrogens is 1. The van der Waals surface area contributed by atoms with Gasteiger partial charge in [0.05, 0.1) is 6.04 Å². The predicted molar refractivity (Wildman–Crippen MR) is 86.2 cm³/mol. The molecule has 0 aliphatic carbocycles. The number of hydrogen-bond acceptors (Lipinski definition) is 2. The summed E-state index contributed by atoms with van der Waals surface area (Å²) in [6.45, 7) is 1.91. The number of carbonyl (C=O) groups excluding carboxylic acids is 1. The molecule has 2 rings (SSSR count). The van der Waals surface area contributed by atoms with Crippen molar-refractivity contribution in [2.75, 3.05) is 7.05 Å². The third kappa shape index (κ3) is 3.67. The molecule has 6 heteroatoms. The van der Waals surface area contributed by atoms with Gasteiger partial charge in [-0.15, -0.1) is 0 Å². The second-order valence-corrected chi connectivity index (χ2v) is 5.80. The van der Waals surface area contributed by atoms with E-state index < -0.39 is 0 Å². The van der Waals surface area contributed by atoms with Crippen molar-refractivity contribution in [3.05, 3.63) is 62.9 Å². The third-order valence-electron chi connectivity index (χ3n) is 3.27. The Morgan fingerprint density at radius 1 is 1.14 bits per heavy atom. The van der Waals surface area contributed by atoms with Gasteiger partial charge in [0.25, 0.3) is 5.91 Å². The first-order valence-electron chi connectivity index (χ1n) is 6.25. The van der Waals surface area contributed by atoms with Gasteiger partial charge in [-0.3, -0.25) is 4.79 Å². The summed E-state index contributed by atoms with van der Waals surface area (Å²) >= 11 is 17.8. The van der Waals surface area contributed by atoms with Gasteiger partial charge in [-0.05, 0) is 30.7 Å². The Labute approximate surface area is 138 Å². The van der Waals surface area contributed by atoms with E-state index in [0.717, 1.165) is 5.56 Å². The molecular weight excluding hydrogens is 331 g/mol. The van der Waals surface area contributed by atoms with Crippen LogP contribution in [0.1, 0.15) is 28.9 Å². The van der Waals surface area contributed by atoms with E-state index in [4.69, 9.17) is 34.8 Å². The zero-order valence-corrected chi connectivity index (χ0v) is 13.7. The van der Waals surface area contributed by atoms with E-state index in [1.165, 1.54) is 12.1 Å². The van der Waals surface area contributed by atoms with Crippen LogP contribution >= 0.6 is 34.8 Å². The van der Waals surface area contributed by atoms with Gasteiger partial charge in [-0.2, -0.15) is 0 Å². The fourth-order valence-corrected chi connectivity index (χ4v) is 2.74. The first-order chi connectivity index (χ1) is 9.90.